The van der Waals surface area contributed by atoms with Gasteiger partial charge in [0.25, 0.3) is 5.91 Å². The van der Waals surface area contributed by atoms with Gasteiger partial charge in [0.05, 0.1) is 12.8 Å². The highest BCUT2D eigenvalue weighted by Crippen LogP contribution is 2.26. The molecule has 6 heteroatoms. The molecule has 0 spiro atoms. The average molecular weight is 302 g/mol. The first-order valence-corrected chi connectivity index (χ1v) is 6.50. The van der Waals surface area contributed by atoms with Crippen molar-refractivity contribution in [2.24, 2.45) is 5.73 Å². The predicted molar refractivity (Wildman–Crippen MR) is 84.9 cm³/mol. The molecule has 0 aliphatic carbocycles. The number of rotatable bonds is 4. The van der Waals surface area contributed by atoms with E-state index in [4.69, 9.17) is 22.7 Å². The molecule has 2 rings (SSSR count). The van der Waals surface area contributed by atoms with E-state index in [2.05, 4.69) is 5.32 Å². The fraction of sp³-hybridized carbons (Fsp3) is 0.0667. The highest BCUT2D eigenvalue weighted by Gasteiger charge is 2.11. The van der Waals surface area contributed by atoms with Crippen LogP contribution in [0.15, 0.2) is 42.5 Å². The quantitative estimate of drug-likeness (QED) is 0.755. The number of aromatic hydroxyl groups is 1. The minimum absolute atomic E-state index is 0.0263. The summed E-state index contributed by atoms with van der Waals surface area (Å²) >= 11 is 4.90. The van der Waals surface area contributed by atoms with Gasteiger partial charge in [-0.15, -0.1) is 0 Å². The number of hydrogen-bond donors (Lipinski definition) is 3. The monoisotopic (exact) mass is 302 g/mol. The van der Waals surface area contributed by atoms with Gasteiger partial charge in [-0.1, -0.05) is 18.3 Å². The van der Waals surface area contributed by atoms with E-state index in [9.17, 15) is 9.90 Å². The van der Waals surface area contributed by atoms with Gasteiger partial charge >= 0.3 is 0 Å². The lowest BCUT2D eigenvalue weighted by atomic mass is 10.1. The lowest BCUT2D eigenvalue weighted by molar-refractivity contribution is 0.102. The molecule has 0 aliphatic rings. The number of anilines is 1. The summed E-state index contributed by atoms with van der Waals surface area (Å²) in [4.78, 5) is 12.4. The van der Waals surface area contributed by atoms with E-state index in [1.165, 1.54) is 19.2 Å². The van der Waals surface area contributed by atoms with Crippen LogP contribution < -0.4 is 15.8 Å². The molecule has 0 aliphatic heterocycles. The third-order valence-electron chi connectivity index (χ3n) is 2.84. The Morgan fingerprint density at radius 1 is 1.24 bits per heavy atom. The maximum Gasteiger partial charge on any atom is 0.255 e. The number of nitrogens with two attached hydrogens (primary N) is 1. The number of carbonyl (C=O) groups excluding carboxylic acids is 1. The molecule has 0 heterocycles. The van der Waals surface area contributed by atoms with Crippen molar-refractivity contribution in [2.45, 2.75) is 0 Å². The minimum Gasteiger partial charge on any atom is -0.508 e. The third-order valence-corrected chi connectivity index (χ3v) is 3.08. The second-order valence-electron chi connectivity index (χ2n) is 4.28. The second kappa shape index (κ2) is 6.23. The number of benzene rings is 2. The Kier molecular flexibility index (Phi) is 4.39. The molecular weight excluding hydrogens is 288 g/mol. The van der Waals surface area contributed by atoms with Crippen molar-refractivity contribution in [3.05, 3.63) is 53.6 Å². The standard InChI is InChI=1S/C15H14N2O3S/c1-20-13-8-9(14(16)21)5-6-12(13)17-15(19)10-3-2-4-11(18)7-10/h2-8,18H,1H3,(H2,16,21)(H,17,19). The van der Waals surface area contributed by atoms with Gasteiger partial charge in [-0.3, -0.25) is 4.79 Å². The average Bonchev–Trinajstić information content (AvgIpc) is 2.47. The molecule has 2 aromatic rings. The second-order valence-corrected chi connectivity index (χ2v) is 4.72. The molecule has 0 aromatic heterocycles. The zero-order valence-corrected chi connectivity index (χ0v) is 12.1. The predicted octanol–water partition coefficient (Wildman–Crippen LogP) is 2.29. The van der Waals surface area contributed by atoms with E-state index in [0.29, 0.717) is 22.6 Å². The topological polar surface area (TPSA) is 84.6 Å². The van der Waals surface area contributed by atoms with Crippen LogP contribution in [0.25, 0.3) is 0 Å². The number of nitrogens with one attached hydrogen (secondary N) is 1. The molecule has 0 saturated carbocycles. The number of amides is 1. The van der Waals surface area contributed by atoms with Crippen LogP contribution in [0.3, 0.4) is 0 Å². The molecular formula is C15H14N2O3S. The fourth-order valence-corrected chi connectivity index (χ4v) is 1.92. The molecule has 0 bridgehead atoms. The molecule has 108 valence electrons. The Labute approximate surface area is 127 Å². The molecule has 0 fully saturated rings. The molecule has 5 nitrogen and oxygen atoms in total. The van der Waals surface area contributed by atoms with Crippen molar-refractivity contribution in [1.29, 1.82) is 0 Å². The molecule has 21 heavy (non-hydrogen) atoms. The Bertz CT molecular complexity index is 701. The van der Waals surface area contributed by atoms with Crippen molar-refractivity contribution < 1.29 is 14.6 Å². The number of ether oxygens (including phenoxy) is 1. The van der Waals surface area contributed by atoms with E-state index in [1.54, 1.807) is 30.3 Å². The first-order chi connectivity index (χ1) is 10.0. The SMILES string of the molecule is COc1cc(C(N)=S)ccc1NC(=O)c1cccc(O)c1. The van der Waals surface area contributed by atoms with Crippen LogP contribution in [0.5, 0.6) is 11.5 Å². The molecule has 0 unspecified atom stereocenters. The number of carbonyl (C=O) groups is 1. The number of phenolic OH excluding ortho intramolecular Hbond substituents is 1. The Balaban J connectivity index is 2.27. The number of methoxy groups -OCH3 is 1. The number of thiocarbonyl (C=S) groups is 1. The number of phenols is 1. The van der Waals surface area contributed by atoms with E-state index >= 15 is 0 Å². The summed E-state index contributed by atoms with van der Waals surface area (Å²) in [6.45, 7) is 0. The van der Waals surface area contributed by atoms with Crippen molar-refractivity contribution in [2.75, 3.05) is 12.4 Å². The van der Waals surface area contributed by atoms with Gasteiger partial charge < -0.3 is 20.9 Å². The van der Waals surface area contributed by atoms with Crippen LogP contribution in [-0.4, -0.2) is 23.1 Å². The van der Waals surface area contributed by atoms with Crippen molar-refractivity contribution in [1.82, 2.24) is 0 Å². The van der Waals surface area contributed by atoms with Crippen LogP contribution in [0, 0.1) is 0 Å². The molecule has 0 saturated heterocycles. The lowest BCUT2D eigenvalue weighted by Gasteiger charge is -2.11. The molecule has 1 amide bonds. The minimum atomic E-state index is -0.354. The van der Waals surface area contributed by atoms with E-state index in [1.807, 2.05) is 0 Å². The van der Waals surface area contributed by atoms with Crippen LogP contribution >= 0.6 is 12.2 Å². The maximum absolute atomic E-state index is 12.1. The lowest BCUT2D eigenvalue weighted by Crippen LogP contribution is -2.14. The summed E-state index contributed by atoms with van der Waals surface area (Å²) in [6, 6.07) is 11.1. The molecule has 0 atom stereocenters. The first kappa shape index (κ1) is 14.8. The van der Waals surface area contributed by atoms with Crippen LogP contribution in [-0.2, 0) is 0 Å². The summed E-state index contributed by atoms with van der Waals surface area (Å²) in [7, 11) is 1.49. The summed E-state index contributed by atoms with van der Waals surface area (Å²) in [5.41, 5.74) is 7.04. The highest BCUT2D eigenvalue weighted by molar-refractivity contribution is 7.80. The van der Waals surface area contributed by atoms with Crippen LogP contribution in [0.2, 0.25) is 0 Å². The zero-order chi connectivity index (χ0) is 15.4. The molecule has 0 radical (unpaired) electrons. The van der Waals surface area contributed by atoms with Gasteiger partial charge in [-0.25, -0.2) is 0 Å². The van der Waals surface area contributed by atoms with Gasteiger partial charge in [0.2, 0.25) is 0 Å². The number of hydrogen-bond acceptors (Lipinski definition) is 4. The van der Waals surface area contributed by atoms with Gasteiger partial charge in [0.15, 0.2) is 0 Å². The summed E-state index contributed by atoms with van der Waals surface area (Å²) in [5.74, 6) is 0.125. The molecule has 4 N–H and O–H groups in total. The smallest absolute Gasteiger partial charge is 0.255 e. The van der Waals surface area contributed by atoms with Crippen molar-refractivity contribution in [3.63, 3.8) is 0 Å². The Morgan fingerprint density at radius 2 is 2.00 bits per heavy atom. The van der Waals surface area contributed by atoms with Crippen LogP contribution in [0.4, 0.5) is 5.69 Å². The summed E-state index contributed by atoms with van der Waals surface area (Å²) in [6.07, 6.45) is 0. The van der Waals surface area contributed by atoms with Crippen molar-refractivity contribution in [3.8, 4) is 11.5 Å². The van der Waals surface area contributed by atoms with Crippen molar-refractivity contribution >= 4 is 28.8 Å². The van der Waals surface area contributed by atoms with Crippen LogP contribution in [0.1, 0.15) is 15.9 Å². The third kappa shape index (κ3) is 3.49. The zero-order valence-electron chi connectivity index (χ0n) is 11.3. The largest absolute Gasteiger partial charge is 0.508 e. The van der Waals surface area contributed by atoms with Gasteiger partial charge in [0.1, 0.15) is 16.5 Å². The fourth-order valence-electron chi connectivity index (χ4n) is 1.79. The normalized spacial score (nSPS) is 9.95. The Morgan fingerprint density at radius 3 is 2.62 bits per heavy atom. The highest BCUT2D eigenvalue weighted by atomic mass is 32.1. The summed E-state index contributed by atoms with van der Waals surface area (Å²) < 4.78 is 5.22. The van der Waals surface area contributed by atoms with Gasteiger partial charge in [-0.05, 0) is 36.4 Å². The van der Waals surface area contributed by atoms with Gasteiger partial charge in [-0.2, -0.15) is 0 Å². The van der Waals surface area contributed by atoms with E-state index in [-0.39, 0.29) is 16.6 Å². The first-order valence-electron chi connectivity index (χ1n) is 6.09. The van der Waals surface area contributed by atoms with Gasteiger partial charge in [0, 0.05) is 11.1 Å². The van der Waals surface area contributed by atoms with E-state index in [0.717, 1.165) is 0 Å². The Hall–Kier alpha value is -2.60. The maximum atomic E-state index is 12.1. The summed E-state index contributed by atoms with van der Waals surface area (Å²) in [5, 5.41) is 12.1. The van der Waals surface area contributed by atoms with E-state index < -0.39 is 0 Å². The molecule has 2 aromatic carbocycles.